The molecule has 0 aliphatic carbocycles. The molecule has 0 aromatic heterocycles. The fourth-order valence-electron chi connectivity index (χ4n) is 3.40. The lowest BCUT2D eigenvalue weighted by atomic mass is 10.0. The maximum Gasteiger partial charge on any atom is 0.119 e. The summed E-state index contributed by atoms with van der Waals surface area (Å²) in [5, 5.41) is 0.786. The van der Waals surface area contributed by atoms with Crippen LogP contribution >= 0.6 is 11.6 Å². The standard InChI is InChI=1S/C20H19ClN2O/c1-24-18-9-7-16(8-10-18)22-12-11-19-15(14-22)13-20(21)23(19)17-5-3-2-4-6-17/h2-10,13-14,19H,11-12H2,1H3. The number of para-hydroxylation sites is 1. The van der Waals surface area contributed by atoms with Crippen molar-refractivity contribution in [3.8, 4) is 5.75 Å². The summed E-state index contributed by atoms with van der Waals surface area (Å²) in [5.41, 5.74) is 3.57. The van der Waals surface area contributed by atoms with Gasteiger partial charge in [0.2, 0.25) is 0 Å². The molecule has 2 aliphatic rings. The zero-order valence-corrected chi connectivity index (χ0v) is 14.3. The Bertz CT molecular complexity index is 783. The molecule has 4 rings (SSSR count). The molecule has 1 atom stereocenters. The molecule has 3 nitrogen and oxygen atoms in total. The molecule has 0 fully saturated rings. The van der Waals surface area contributed by atoms with Gasteiger partial charge in [-0.15, -0.1) is 0 Å². The van der Waals surface area contributed by atoms with E-state index >= 15 is 0 Å². The highest BCUT2D eigenvalue weighted by atomic mass is 35.5. The third kappa shape index (κ3) is 2.65. The van der Waals surface area contributed by atoms with E-state index in [0.29, 0.717) is 6.04 Å². The second-order valence-corrected chi connectivity index (χ2v) is 6.38. The summed E-state index contributed by atoms with van der Waals surface area (Å²) in [4.78, 5) is 4.50. The largest absolute Gasteiger partial charge is 0.497 e. The third-order valence-corrected chi connectivity index (χ3v) is 4.89. The number of hydrogen-bond donors (Lipinski definition) is 0. The summed E-state index contributed by atoms with van der Waals surface area (Å²) < 4.78 is 5.24. The monoisotopic (exact) mass is 338 g/mol. The molecule has 0 radical (unpaired) electrons. The molecule has 0 saturated carbocycles. The first-order chi connectivity index (χ1) is 11.8. The average molecular weight is 339 g/mol. The van der Waals surface area contributed by atoms with E-state index in [-0.39, 0.29) is 0 Å². The highest BCUT2D eigenvalue weighted by molar-refractivity contribution is 6.32. The van der Waals surface area contributed by atoms with E-state index < -0.39 is 0 Å². The molecule has 122 valence electrons. The fourth-order valence-corrected chi connectivity index (χ4v) is 3.74. The summed E-state index contributed by atoms with van der Waals surface area (Å²) in [6.07, 6.45) is 5.32. The van der Waals surface area contributed by atoms with Crippen molar-refractivity contribution in [2.24, 2.45) is 0 Å². The van der Waals surface area contributed by atoms with E-state index in [1.807, 2.05) is 30.3 Å². The van der Waals surface area contributed by atoms with Gasteiger partial charge in [0.15, 0.2) is 0 Å². The molecule has 0 spiro atoms. The van der Waals surface area contributed by atoms with E-state index in [0.717, 1.165) is 29.6 Å². The predicted octanol–water partition coefficient (Wildman–Crippen LogP) is 4.76. The smallest absolute Gasteiger partial charge is 0.119 e. The van der Waals surface area contributed by atoms with Crippen molar-refractivity contribution in [2.45, 2.75) is 12.5 Å². The molecule has 0 saturated heterocycles. The summed E-state index contributed by atoms with van der Waals surface area (Å²) in [6, 6.07) is 18.8. The first kappa shape index (κ1) is 15.2. The minimum atomic E-state index is 0.314. The zero-order valence-electron chi connectivity index (χ0n) is 13.5. The number of ether oxygens (including phenoxy) is 1. The summed E-state index contributed by atoms with van der Waals surface area (Å²) in [7, 11) is 1.69. The zero-order chi connectivity index (χ0) is 16.5. The number of halogens is 1. The molecule has 2 heterocycles. The van der Waals surface area contributed by atoms with Crippen LogP contribution in [-0.2, 0) is 0 Å². The van der Waals surface area contributed by atoms with Crippen LogP contribution in [-0.4, -0.2) is 19.7 Å². The molecule has 2 aliphatic heterocycles. The highest BCUT2D eigenvalue weighted by Crippen LogP contribution is 2.38. The van der Waals surface area contributed by atoms with Crippen LogP contribution < -0.4 is 14.5 Å². The Labute approximate surface area is 147 Å². The van der Waals surface area contributed by atoms with Crippen LogP contribution in [0.1, 0.15) is 6.42 Å². The van der Waals surface area contributed by atoms with Crippen molar-refractivity contribution in [1.82, 2.24) is 0 Å². The minimum absolute atomic E-state index is 0.314. The van der Waals surface area contributed by atoms with Crippen LogP contribution in [0.5, 0.6) is 5.75 Å². The van der Waals surface area contributed by atoms with Crippen LogP contribution in [0, 0.1) is 0 Å². The van der Waals surface area contributed by atoms with Gasteiger partial charge in [0, 0.05) is 24.1 Å². The van der Waals surface area contributed by atoms with Gasteiger partial charge in [-0.3, -0.25) is 0 Å². The van der Waals surface area contributed by atoms with Crippen LogP contribution in [0.4, 0.5) is 11.4 Å². The number of fused-ring (bicyclic) bond motifs is 1. The average Bonchev–Trinajstić information content (AvgIpc) is 2.97. The topological polar surface area (TPSA) is 15.7 Å². The van der Waals surface area contributed by atoms with Crippen molar-refractivity contribution in [3.63, 3.8) is 0 Å². The SMILES string of the molecule is COc1ccc(N2C=C3C=C(Cl)N(c4ccccc4)C3CC2)cc1. The van der Waals surface area contributed by atoms with Crippen LogP contribution in [0.3, 0.4) is 0 Å². The van der Waals surface area contributed by atoms with E-state index in [1.54, 1.807) is 7.11 Å². The molecule has 4 heteroatoms. The summed E-state index contributed by atoms with van der Waals surface area (Å²) in [5.74, 6) is 0.875. The van der Waals surface area contributed by atoms with Crippen LogP contribution in [0.15, 0.2) is 77.6 Å². The predicted molar refractivity (Wildman–Crippen MR) is 99.7 cm³/mol. The third-order valence-electron chi connectivity index (χ3n) is 4.60. The second-order valence-electron chi connectivity index (χ2n) is 6.00. The van der Waals surface area contributed by atoms with E-state index in [2.05, 4.69) is 46.3 Å². The Kier molecular flexibility index (Phi) is 3.95. The first-order valence-corrected chi connectivity index (χ1v) is 8.48. The Morgan fingerprint density at radius 2 is 1.75 bits per heavy atom. The van der Waals surface area contributed by atoms with E-state index in [9.17, 15) is 0 Å². The van der Waals surface area contributed by atoms with Gasteiger partial charge >= 0.3 is 0 Å². The van der Waals surface area contributed by atoms with Gasteiger partial charge in [-0.05, 0) is 54.5 Å². The lowest BCUT2D eigenvalue weighted by Crippen LogP contribution is -2.37. The number of anilines is 2. The summed E-state index contributed by atoms with van der Waals surface area (Å²) in [6.45, 7) is 0.960. The normalized spacial score (nSPS) is 19.7. The minimum Gasteiger partial charge on any atom is -0.497 e. The van der Waals surface area contributed by atoms with Gasteiger partial charge in [-0.2, -0.15) is 0 Å². The van der Waals surface area contributed by atoms with Gasteiger partial charge in [-0.1, -0.05) is 29.8 Å². The van der Waals surface area contributed by atoms with Gasteiger partial charge in [0.05, 0.1) is 13.2 Å². The molecule has 24 heavy (non-hydrogen) atoms. The second kappa shape index (κ2) is 6.25. The molecule has 0 N–H and O–H groups in total. The Morgan fingerprint density at radius 1 is 1.00 bits per heavy atom. The van der Waals surface area contributed by atoms with Crippen molar-refractivity contribution < 1.29 is 4.74 Å². The number of nitrogens with zero attached hydrogens (tertiary/aromatic N) is 2. The number of benzene rings is 2. The van der Waals surface area contributed by atoms with Gasteiger partial charge in [0.25, 0.3) is 0 Å². The Balaban J connectivity index is 1.61. The lowest BCUT2D eigenvalue weighted by Gasteiger charge is -2.34. The molecular formula is C20H19ClN2O. The molecular weight excluding hydrogens is 320 g/mol. The Morgan fingerprint density at radius 3 is 2.46 bits per heavy atom. The number of hydrogen-bond acceptors (Lipinski definition) is 3. The van der Waals surface area contributed by atoms with Gasteiger partial charge in [-0.25, -0.2) is 0 Å². The van der Waals surface area contributed by atoms with Crippen LogP contribution in [0.2, 0.25) is 0 Å². The van der Waals surface area contributed by atoms with E-state index in [4.69, 9.17) is 16.3 Å². The molecule has 0 amide bonds. The lowest BCUT2D eigenvalue weighted by molar-refractivity contribution is 0.415. The maximum atomic E-state index is 6.53. The van der Waals surface area contributed by atoms with Crippen molar-refractivity contribution in [1.29, 1.82) is 0 Å². The molecule has 0 bridgehead atoms. The van der Waals surface area contributed by atoms with Crippen molar-refractivity contribution >= 4 is 23.0 Å². The molecule has 1 unspecified atom stereocenters. The highest BCUT2D eigenvalue weighted by Gasteiger charge is 2.33. The summed E-state index contributed by atoms with van der Waals surface area (Å²) >= 11 is 6.53. The first-order valence-electron chi connectivity index (χ1n) is 8.10. The van der Waals surface area contributed by atoms with Crippen molar-refractivity contribution in [2.75, 3.05) is 23.5 Å². The fraction of sp³-hybridized carbons (Fsp3) is 0.200. The van der Waals surface area contributed by atoms with Crippen LogP contribution in [0.25, 0.3) is 0 Å². The maximum absolute atomic E-state index is 6.53. The Hall–Kier alpha value is -2.39. The van der Waals surface area contributed by atoms with Gasteiger partial charge < -0.3 is 14.5 Å². The van der Waals surface area contributed by atoms with E-state index in [1.165, 1.54) is 11.3 Å². The number of rotatable bonds is 3. The molecule has 2 aromatic carbocycles. The van der Waals surface area contributed by atoms with Crippen molar-refractivity contribution in [3.05, 3.63) is 77.6 Å². The molecule has 2 aromatic rings. The number of methoxy groups -OCH3 is 1. The quantitative estimate of drug-likeness (QED) is 0.750. The van der Waals surface area contributed by atoms with Gasteiger partial charge in [0.1, 0.15) is 10.9 Å².